The Balaban J connectivity index is 1.74. The smallest absolute Gasteiger partial charge is 0.150 e. The molecule has 4 heteroatoms. The molecule has 2 heterocycles. The maximum absolute atomic E-state index is 5.09. The van der Waals surface area contributed by atoms with Gasteiger partial charge in [0, 0.05) is 12.6 Å². The van der Waals surface area contributed by atoms with Gasteiger partial charge in [-0.2, -0.15) is 0 Å². The molecular weight excluding hydrogens is 190 g/mol. The molecule has 0 saturated carbocycles. The molecule has 0 spiro atoms. The van der Waals surface area contributed by atoms with E-state index in [0.717, 1.165) is 24.8 Å². The van der Waals surface area contributed by atoms with Gasteiger partial charge in [-0.05, 0) is 38.9 Å². The van der Waals surface area contributed by atoms with Crippen LogP contribution in [0.3, 0.4) is 0 Å². The zero-order chi connectivity index (χ0) is 10.5. The lowest BCUT2D eigenvalue weighted by Crippen LogP contribution is -2.34. The highest BCUT2D eigenvalue weighted by atomic mass is 16.5. The van der Waals surface area contributed by atoms with E-state index in [2.05, 4.69) is 22.4 Å². The summed E-state index contributed by atoms with van der Waals surface area (Å²) in [4.78, 5) is 2.32. The summed E-state index contributed by atoms with van der Waals surface area (Å²) >= 11 is 0. The van der Waals surface area contributed by atoms with Gasteiger partial charge in [0.05, 0.1) is 12.7 Å². The van der Waals surface area contributed by atoms with E-state index in [9.17, 15) is 0 Å². The second-order valence-electron chi connectivity index (χ2n) is 4.37. The standard InChI is InChI=1S/C11H19N3O/c1-14(9-11-4-7-13-15-11)8-10-2-5-12-6-3-10/h4,7,10,12H,2-3,5-6,8-9H2,1H3. The average molecular weight is 209 g/mol. The van der Waals surface area contributed by atoms with Crippen molar-refractivity contribution in [3.63, 3.8) is 0 Å². The molecule has 1 fully saturated rings. The van der Waals surface area contributed by atoms with Gasteiger partial charge in [0.1, 0.15) is 0 Å². The first-order valence-electron chi connectivity index (χ1n) is 5.63. The minimum atomic E-state index is 0.833. The lowest BCUT2D eigenvalue weighted by Gasteiger charge is -2.26. The highest BCUT2D eigenvalue weighted by Crippen LogP contribution is 2.13. The van der Waals surface area contributed by atoms with Crippen molar-refractivity contribution in [3.8, 4) is 0 Å². The lowest BCUT2D eigenvalue weighted by molar-refractivity contribution is 0.214. The topological polar surface area (TPSA) is 41.3 Å². The number of aromatic nitrogens is 1. The highest BCUT2D eigenvalue weighted by Gasteiger charge is 2.15. The summed E-state index contributed by atoms with van der Waals surface area (Å²) in [7, 11) is 2.14. The molecule has 15 heavy (non-hydrogen) atoms. The van der Waals surface area contributed by atoms with E-state index in [1.54, 1.807) is 6.20 Å². The van der Waals surface area contributed by atoms with Gasteiger partial charge in [-0.25, -0.2) is 0 Å². The number of nitrogens with one attached hydrogen (secondary N) is 1. The van der Waals surface area contributed by atoms with Gasteiger partial charge in [0.25, 0.3) is 0 Å². The molecule has 1 aliphatic heterocycles. The van der Waals surface area contributed by atoms with Crippen LogP contribution in [-0.4, -0.2) is 36.7 Å². The Kier molecular flexibility index (Phi) is 3.75. The second-order valence-corrected chi connectivity index (χ2v) is 4.37. The van der Waals surface area contributed by atoms with E-state index in [1.807, 2.05) is 6.07 Å². The molecule has 0 radical (unpaired) electrons. The van der Waals surface area contributed by atoms with Crippen LogP contribution in [0.5, 0.6) is 0 Å². The zero-order valence-corrected chi connectivity index (χ0v) is 9.28. The van der Waals surface area contributed by atoms with E-state index in [-0.39, 0.29) is 0 Å². The summed E-state index contributed by atoms with van der Waals surface area (Å²) in [6.07, 6.45) is 4.29. The number of rotatable bonds is 4. The molecule has 0 atom stereocenters. The Morgan fingerprint density at radius 2 is 2.33 bits per heavy atom. The van der Waals surface area contributed by atoms with E-state index >= 15 is 0 Å². The molecule has 1 saturated heterocycles. The predicted molar refractivity (Wildman–Crippen MR) is 58.4 cm³/mol. The highest BCUT2D eigenvalue weighted by molar-refractivity contribution is 4.92. The van der Waals surface area contributed by atoms with Gasteiger partial charge >= 0.3 is 0 Å². The molecular formula is C11H19N3O. The van der Waals surface area contributed by atoms with Crippen molar-refractivity contribution < 1.29 is 4.52 Å². The Hall–Kier alpha value is -0.870. The van der Waals surface area contributed by atoms with Gasteiger partial charge in [-0.1, -0.05) is 5.16 Å². The van der Waals surface area contributed by atoms with Crippen molar-refractivity contribution in [2.75, 3.05) is 26.7 Å². The molecule has 2 rings (SSSR count). The molecule has 4 nitrogen and oxygen atoms in total. The van der Waals surface area contributed by atoms with E-state index < -0.39 is 0 Å². The summed E-state index contributed by atoms with van der Waals surface area (Å²) in [6, 6.07) is 1.93. The fourth-order valence-corrected chi connectivity index (χ4v) is 2.16. The van der Waals surface area contributed by atoms with Crippen LogP contribution in [0.4, 0.5) is 0 Å². The summed E-state index contributed by atoms with van der Waals surface area (Å²) in [6.45, 7) is 4.36. The maximum Gasteiger partial charge on any atom is 0.150 e. The van der Waals surface area contributed by atoms with Crippen LogP contribution < -0.4 is 5.32 Å². The molecule has 1 aromatic heterocycles. The summed E-state index contributed by atoms with van der Waals surface area (Å²) in [5, 5.41) is 7.10. The molecule has 0 aromatic carbocycles. The molecule has 0 amide bonds. The van der Waals surface area contributed by atoms with E-state index in [4.69, 9.17) is 4.52 Å². The number of hydrogen-bond acceptors (Lipinski definition) is 4. The first-order valence-corrected chi connectivity index (χ1v) is 5.63. The van der Waals surface area contributed by atoms with Gasteiger partial charge in [0.15, 0.2) is 5.76 Å². The Bertz CT molecular complexity index is 267. The summed E-state index contributed by atoms with van der Waals surface area (Å²) in [5.41, 5.74) is 0. The van der Waals surface area contributed by atoms with Crippen molar-refractivity contribution in [1.82, 2.24) is 15.4 Å². The fraction of sp³-hybridized carbons (Fsp3) is 0.727. The van der Waals surface area contributed by atoms with Crippen LogP contribution in [0.25, 0.3) is 0 Å². The number of nitrogens with zero attached hydrogens (tertiary/aromatic N) is 2. The zero-order valence-electron chi connectivity index (χ0n) is 9.28. The second kappa shape index (κ2) is 5.28. The Labute approximate surface area is 90.6 Å². The van der Waals surface area contributed by atoms with Gasteiger partial charge in [0.2, 0.25) is 0 Å². The van der Waals surface area contributed by atoms with E-state index in [0.29, 0.717) is 0 Å². The number of hydrogen-bond donors (Lipinski definition) is 1. The van der Waals surface area contributed by atoms with Crippen LogP contribution in [0.15, 0.2) is 16.8 Å². The van der Waals surface area contributed by atoms with Crippen molar-refractivity contribution in [2.24, 2.45) is 5.92 Å². The van der Waals surface area contributed by atoms with Crippen molar-refractivity contribution in [2.45, 2.75) is 19.4 Å². The lowest BCUT2D eigenvalue weighted by atomic mass is 9.98. The van der Waals surface area contributed by atoms with Crippen LogP contribution in [0, 0.1) is 5.92 Å². The van der Waals surface area contributed by atoms with Crippen LogP contribution in [-0.2, 0) is 6.54 Å². The SMILES string of the molecule is CN(Cc1ccno1)CC1CCNCC1. The fourth-order valence-electron chi connectivity index (χ4n) is 2.16. The minimum absolute atomic E-state index is 0.833. The third kappa shape index (κ3) is 3.32. The van der Waals surface area contributed by atoms with Crippen molar-refractivity contribution in [1.29, 1.82) is 0 Å². The number of piperidine rings is 1. The Morgan fingerprint density at radius 1 is 1.53 bits per heavy atom. The van der Waals surface area contributed by atoms with Gasteiger partial charge in [-0.3, -0.25) is 4.90 Å². The molecule has 1 aliphatic rings. The largest absolute Gasteiger partial charge is 0.360 e. The normalized spacial score (nSPS) is 18.5. The first-order chi connectivity index (χ1) is 7.34. The first kappa shape index (κ1) is 10.6. The molecule has 1 N–H and O–H groups in total. The molecule has 84 valence electrons. The van der Waals surface area contributed by atoms with Crippen LogP contribution in [0.1, 0.15) is 18.6 Å². The van der Waals surface area contributed by atoms with Crippen molar-refractivity contribution in [3.05, 3.63) is 18.0 Å². The molecule has 0 bridgehead atoms. The monoisotopic (exact) mass is 209 g/mol. The third-order valence-electron chi connectivity index (χ3n) is 2.95. The van der Waals surface area contributed by atoms with Crippen molar-refractivity contribution >= 4 is 0 Å². The average Bonchev–Trinajstić information content (AvgIpc) is 2.71. The van der Waals surface area contributed by atoms with Crippen LogP contribution in [0.2, 0.25) is 0 Å². The van der Waals surface area contributed by atoms with Gasteiger partial charge in [-0.15, -0.1) is 0 Å². The Morgan fingerprint density at radius 3 is 3.00 bits per heavy atom. The summed E-state index contributed by atoms with van der Waals surface area (Å²) in [5.74, 6) is 1.78. The van der Waals surface area contributed by atoms with Crippen LogP contribution >= 0.6 is 0 Å². The molecule has 0 aliphatic carbocycles. The summed E-state index contributed by atoms with van der Waals surface area (Å²) < 4.78 is 5.09. The molecule has 0 unspecified atom stereocenters. The third-order valence-corrected chi connectivity index (χ3v) is 2.95. The predicted octanol–water partition coefficient (Wildman–Crippen LogP) is 1.11. The molecule has 1 aromatic rings. The van der Waals surface area contributed by atoms with Gasteiger partial charge < -0.3 is 9.84 Å². The van der Waals surface area contributed by atoms with E-state index in [1.165, 1.54) is 25.9 Å². The maximum atomic E-state index is 5.09. The minimum Gasteiger partial charge on any atom is -0.360 e. The quantitative estimate of drug-likeness (QED) is 0.806.